The van der Waals surface area contributed by atoms with Crippen LogP contribution in [0.1, 0.15) is 15.9 Å². The van der Waals surface area contributed by atoms with Crippen molar-refractivity contribution >= 4 is 34.7 Å². The van der Waals surface area contributed by atoms with Gasteiger partial charge in [-0.25, -0.2) is 0 Å². The van der Waals surface area contributed by atoms with E-state index in [0.717, 1.165) is 0 Å². The third-order valence-electron chi connectivity index (χ3n) is 2.46. The van der Waals surface area contributed by atoms with Gasteiger partial charge in [0, 0.05) is 15.6 Å². The van der Waals surface area contributed by atoms with Crippen molar-refractivity contribution in [2.75, 3.05) is 5.73 Å². The molecule has 0 radical (unpaired) electrons. The lowest BCUT2D eigenvalue weighted by Crippen LogP contribution is -2.03. The Labute approximate surface area is 114 Å². The zero-order valence-electron chi connectivity index (χ0n) is 9.15. The number of ketones is 1. The lowest BCUT2D eigenvalue weighted by molar-refractivity contribution is 0.103. The van der Waals surface area contributed by atoms with Gasteiger partial charge in [0.1, 0.15) is 5.75 Å². The Morgan fingerprint density at radius 3 is 2.28 bits per heavy atom. The molecule has 0 bridgehead atoms. The van der Waals surface area contributed by atoms with E-state index < -0.39 is 0 Å². The van der Waals surface area contributed by atoms with Crippen molar-refractivity contribution in [2.45, 2.75) is 0 Å². The van der Waals surface area contributed by atoms with Crippen molar-refractivity contribution in [3.05, 3.63) is 57.6 Å². The SMILES string of the molecule is Nc1cc(Cl)cc(C(=O)c2ccc(Cl)cc2)c1O. The number of carbonyl (C=O) groups is 1. The maximum absolute atomic E-state index is 12.2. The van der Waals surface area contributed by atoms with Crippen LogP contribution in [0.25, 0.3) is 0 Å². The average molecular weight is 282 g/mol. The van der Waals surface area contributed by atoms with Crippen LogP contribution in [0, 0.1) is 0 Å². The van der Waals surface area contributed by atoms with Crippen molar-refractivity contribution < 1.29 is 9.90 Å². The molecule has 2 aromatic rings. The van der Waals surface area contributed by atoms with Gasteiger partial charge in [0.25, 0.3) is 0 Å². The molecule has 0 aliphatic heterocycles. The molecule has 0 aliphatic carbocycles. The number of rotatable bonds is 2. The third-order valence-corrected chi connectivity index (χ3v) is 2.93. The number of hydrogen-bond acceptors (Lipinski definition) is 3. The molecule has 0 heterocycles. The first kappa shape index (κ1) is 12.7. The first-order valence-corrected chi connectivity index (χ1v) is 5.83. The van der Waals surface area contributed by atoms with E-state index in [1.807, 2.05) is 0 Å². The minimum atomic E-state index is -0.363. The Morgan fingerprint density at radius 1 is 1.06 bits per heavy atom. The molecular weight excluding hydrogens is 273 g/mol. The molecule has 2 rings (SSSR count). The van der Waals surface area contributed by atoms with Crippen LogP contribution in [-0.2, 0) is 0 Å². The molecule has 18 heavy (non-hydrogen) atoms. The first-order chi connectivity index (χ1) is 8.49. The van der Waals surface area contributed by atoms with Gasteiger partial charge < -0.3 is 10.8 Å². The van der Waals surface area contributed by atoms with Gasteiger partial charge in [-0.15, -0.1) is 0 Å². The summed E-state index contributed by atoms with van der Waals surface area (Å²) < 4.78 is 0. The van der Waals surface area contributed by atoms with E-state index in [4.69, 9.17) is 28.9 Å². The summed E-state index contributed by atoms with van der Waals surface area (Å²) in [5.74, 6) is -0.627. The van der Waals surface area contributed by atoms with Crippen molar-refractivity contribution in [3.63, 3.8) is 0 Å². The van der Waals surface area contributed by atoms with Crippen LogP contribution >= 0.6 is 23.2 Å². The summed E-state index contributed by atoms with van der Waals surface area (Å²) in [5.41, 5.74) is 6.09. The molecule has 0 atom stereocenters. The maximum Gasteiger partial charge on any atom is 0.196 e. The van der Waals surface area contributed by atoms with E-state index in [2.05, 4.69) is 0 Å². The third kappa shape index (κ3) is 2.42. The Bertz CT molecular complexity index is 609. The molecule has 0 amide bonds. The highest BCUT2D eigenvalue weighted by Gasteiger charge is 2.16. The highest BCUT2D eigenvalue weighted by atomic mass is 35.5. The summed E-state index contributed by atoms with van der Waals surface area (Å²) in [6.45, 7) is 0. The number of phenols is 1. The number of benzene rings is 2. The number of nitrogen functional groups attached to an aromatic ring is 1. The molecule has 0 fully saturated rings. The topological polar surface area (TPSA) is 63.3 Å². The van der Waals surface area contributed by atoms with Gasteiger partial charge >= 0.3 is 0 Å². The fourth-order valence-corrected chi connectivity index (χ4v) is 1.90. The molecule has 0 aliphatic rings. The molecule has 0 saturated heterocycles. The second-order valence-electron chi connectivity index (χ2n) is 3.73. The molecule has 0 unspecified atom stereocenters. The summed E-state index contributed by atoms with van der Waals surface area (Å²) >= 11 is 11.6. The van der Waals surface area contributed by atoms with Gasteiger partial charge in [-0.3, -0.25) is 4.79 Å². The molecule has 92 valence electrons. The lowest BCUT2D eigenvalue weighted by Gasteiger charge is -2.07. The van der Waals surface area contributed by atoms with Crippen LogP contribution in [0.2, 0.25) is 10.0 Å². The second kappa shape index (κ2) is 4.88. The maximum atomic E-state index is 12.2. The largest absolute Gasteiger partial charge is 0.505 e. The van der Waals surface area contributed by atoms with Gasteiger partial charge in [-0.1, -0.05) is 23.2 Å². The summed E-state index contributed by atoms with van der Waals surface area (Å²) in [4.78, 5) is 12.2. The summed E-state index contributed by atoms with van der Waals surface area (Å²) in [6, 6.07) is 9.10. The van der Waals surface area contributed by atoms with Crippen LogP contribution in [-0.4, -0.2) is 10.9 Å². The zero-order chi connectivity index (χ0) is 13.3. The number of hydrogen-bond donors (Lipinski definition) is 2. The quantitative estimate of drug-likeness (QED) is 0.503. The van der Waals surface area contributed by atoms with Crippen LogP contribution < -0.4 is 5.73 Å². The van der Waals surface area contributed by atoms with Gasteiger partial charge in [0.15, 0.2) is 5.78 Å². The fraction of sp³-hybridized carbons (Fsp3) is 0. The van der Waals surface area contributed by atoms with E-state index in [1.165, 1.54) is 12.1 Å². The lowest BCUT2D eigenvalue weighted by atomic mass is 10.0. The van der Waals surface area contributed by atoms with Crippen LogP contribution in [0.5, 0.6) is 5.75 Å². The first-order valence-electron chi connectivity index (χ1n) is 5.07. The van der Waals surface area contributed by atoms with Gasteiger partial charge in [0.05, 0.1) is 11.3 Å². The monoisotopic (exact) mass is 281 g/mol. The van der Waals surface area contributed by atoms with Crippen molar-refractivity contribution in [2.24, 2.45) is 0 Å². The van der Waals surface area contributed by atoms with Gasteiger partial charge in [-0.05, 0) is 36.4 Å². The second-order valence-corrected chi connectivity index (χ2v) is 4.60. The summed E-state index contributed by atoms with van der Waals surface area (Å²) in [5, 5.41) is 10.6. The van der Waals surface area contributed by atoms with Crippen LogP contribution in [0.15, 0.2) is 36.4 Å². The van der Waals surface area contributed by atoms with E-state index in [-0.39, 0.29) is 22.8 Å². The highest BCUT2D eigenvalue weighted by molar-refractivity contribution is 6.32. The molecular formula is C13H9Cl2NO2. The number of nitrogens with two attached hydrogens (primary N) is 1. The number of carbonyl (C=O) groups excluding carboxylic acids is 1. The Balaban J connectivity index is 2.49. The molecule has 5 heteroatoms. The van der Waals surface area contributed by atoms with Crippen molar-refractivity contribution in [1.29, 1.82) is 0 Å². The minimum absolute atomic E-state index is 0.0693. The smallest absolute Gasteiger partial charge is 0.196 e. The molecule has 2 aromatic carbocycles. The summed E-state index contributed by atoms with van der Waals surface area (Å²) in [7, 11) is 0. The number of halogens is 2. The van der Waals surface area contributed by atoms with Crippen LogP contribution in [0.3, 0.4) is 0 Å². The van der Waals surface area contributed by atoms with Crippen molar-refractivity contribution in [3.8, 4) is 5.75 Å². The highest BCUT2D eigenvalue weighted by Crippen LogP contribution is 2.31. The Hall–Kier alpha value is -1.71. The standard InChI is InChI=1S/C13H9Cl2NO2/c14-8-3-1-7(2-4-8)12(17)10-5-9(15)6-11(16)13(10)18/h1-6,18H,16H2. The van der Waals surface area contributed by atoms with Crippen molar-refractivity contribution in [1.82, 2.24) is 0 Å². The Morgan fingerprint density at radius 2 is 1.67 bits per heavy atom. The van der Waals surface area contributed by atoms with Gasteiger partial charge in [0.2, 0.25) is 0 Å². The van der Waals surface area contributed by atoms with E-state index in [0.29, 0.717) is 15.6 Å². The number of aromatic hydroxyl groups is 1. The van der Waals surface area contributed by atoms with E-state index >= 15 is 0 Å². The zero-order valence-corrected chi connectivity index (χ0v) is 10.7. The molecule has 0 aromatic heterocycles. The van der Waals surface area contributed by atoms with E-state index in [9.17, 15) is 9.90 Å². The number of phenolic OH excluding ortho intramolecular Hbond substituents is 1. The summed E-state index contributed by atoms with van der Waals surface area (Å²) in [6.07, 6.45) is 0. The molecule has 0 saturated carbocycles. The normalized spacial score (nSPS) is 10.3. The minimum Gasteiger partial charge on any atom is -0.505 e. The van der Waals surface area contributed by atoms with Crippen LogP contribution in [0.4, 0.5) is 5.69 Å². The van der Waals surface area contributed by atoms with Gasteiger partial charge in [-0.2, -0.15) is 0 Å². The molecule has 3 N–H and O–H groups in total. The average Bonchev–Trinajstić information content (AvgIpc) is 2.34. The number of anilines is 1. The van der Waals surface area contributed by atoms with E-state index in [1.54, 1.807) is 24.3 Å². The molecule has 0 spiro atoms. The predicted octanol–water partition coefficient (Wildman–Crippen LogP) is 3.51. The predicted molar refractivity (Wildman–Crippen MR) is 72.4 cm³/mol. The Kier molecular flexibility index (Phi) is 3.45. The fourth-order valence-electron chi connectivity index (χ4n) is 1.55. The molecule has 3 nitrogen and oxygen atoms in total.